The maximum atomic E-state index is 5.46. The van der Waals surface area contributed by atoms with Gasteiger partial charge in [0.2, 0.25) is 11.6 Å². The van der Waals surface area contributed by atoms with Crippen molar-refractivity contribution in [1.29, 1.82) is 0 Å². The number of nitrogens with one attached hydrogen (secondary N) is 1. The smallest absolute Gasteiger partial charge is 0.235 e. The van der Waals surface area contributed by atoms with Crippen LogP contribution in [0, 0.1) is 0 Å². The van der Waals surface area contributed by atoms with Crippen molar-refractivity contribution in [2.24, 2.45) is 5.10 Å². The van der Waals surface area contributed by atoms with Gasteiger partial charge in [-0.2, -0.15) is 5.10 Å². The van der Waals surface area contributed by atoms with Crippen LogP contribution in [0.4, 0.5) is 11.6 Å². The third-order valence-corrected chi connectivity index (χ3v) is 2.31. The molecule has 0 fully saturated rings. The van der Waals surface area contributed by atoms with Crippen LogP contribution >= 0.6 is 0 Å². The monoisotopic (exact) mass is 263 g/mol. The van der Waals surface area contributed by atoms with Gasteiger partial charge in [-0.05, 0) is 34.1 Å². The van der Waals surface area contributed by atoms with Gasteiger partial charge in [-0.15, -0.1) is 0 Å². The molecule has 1 aromatic heterocycles. The predicted octanol–water partition coefficient (Wildman–Crippen LogP) is 1.11. The second-order valence-corrected chi connectivity index (χ2v) is 3.48. The van der Waals surface area contributed by atoms with Gasteiger partial charge in [0, 0.05) is 0 Å². The fourth-order valence-corrected chi connectivity index (χ4v) is 1.37. The van der Waals surface area contributed by atoms with Gasteiger partial charge >= 0.3 is 0 Å². The van der Waals surface area contributed by atoms with E-state index in [0.29, 0.717) is 11.5 Å². The molecule has 0 saturated heterocycles. The molecule has 8 heteroatoms. The number of hydrogen-bond donors (Lipinski definition) is 2. The minimum absolute atomic E-state index is 0.143. The van der Waals surface area contributed by atoms with E-state index in [2.05, 4.69) is 25.5 Å². The number of hydrogen-bond acceptors (Lipinski definition) is 8. The number of rotatable bonds is 5. The molecule has 1 aromatic carbocycles. The molecule has 0 spiro atoms. The van der Waals surface area contributed by atoms with Crippen molar-refractivity contribution in [2.45, 2.75) is 0 Å². The van der Waals surface area contributed by atoms with Crippen LogP contribution in [0.15, 0.2) is 27.9 Å². The van der Waals surface area contributed by atoms with E-state index in [0.717, 1.165) is 5.56 Å². The van der Waals surface area contributed by atoms with Gasteiger partial charge < -0.3 is 15.2 Å². The second kappa shape index (κ2) is 5.71. The van der Waals surface area contributed by atoms with Crippen LogP contribution in [0.3, 0.4) is 0 Å². The van der Waals surface area contributed by atoms with Crippen LogP contribution < -0.4 is 20.6 Å². The Morgan fingerprint density at radius 3 is 2.68 bits per heavy atom. The van der Waals surface area contributed by atoms with Crippen LogP contribution in [-0.2, 0) is 0 Å². The van der Waals surface area contributed by atoms with E-state index in [-0.39, 0.29) is 11.6 Å². The lowest BCUT2D eigenvalue weighted by Crippen LogP contribution is -1.96. The average Bonchev–Trinajstić information content (AvgIpc) is 2.84. The summed E-state index contributed by atoms with van der Waals surface area (Å²) in [4.78, 5) is 0. The molecule has 2 aromatic rings. The number of nitrogens with zero attached hydrogens (tertiary/aromatic N) is 3. The number of ether oxygens (including phenoxy) is 2. The van der Waals surface area contributed by atoms with Crippen molar-refractivity contribution in [2.75, 3.05) is 25.4 Å². The van der Waals surface area contributed by atoms with Crippen LogP contribution in [0.25, 0.3) is 0 Å². The number of anilines is 2. The minimum Gasteiger partial charge on any atom is -0.493 e. The molecule has 0 aliphatic heterocycles. The first-order chi connectivity index (χ1) is 9.24. The van der Waals surface area contributed by atoms with E-state index >= 15 is 0 Å². The lowest BCUT2D eigenvalue weighted by atomic mass is 10.2. The number of nitrogen functional groups attached to an aromatic ring is 1. The van der Waals surface area contributed by atoms with Crippen molar-refractivity contribution < 1.29 is 14.1 Å². The fourth-order valence-electron chi connectivity index (χ4n) is 1.37. The van der Waals surface area contributed by atoms with E-state index in [1.807, 2.05) is 6.07 Å². The molecule has 0 amide bonds. The van der Waals surface area contributed by atoms with Crippen molar-refractivity contribution in [3.05, 3.63) is 23.8 Å². The van der Waals surface area contributed by atoms with Gasteiger partial charge in [-0.25, -0.2) is 4.63 Å². The summed E-state index contributed by atoms with van der Waals surface area (Å²) in [5.41, 5.74) is 8.90. The first-order valence-corrected chi connectivity index (χ1v) is 5.33. The van der Waals surface area contributed by atoms with Crippen LogP contribution in [-0.4, -0.2) is 30.7 Å². The molecule has 0 radical (unpaired) electrons. The second-order valence-electron chi connectivity index (χ2n) is 3.48. The summed E-state index contributed by atoms with van der Waals surface area (Å²) < 4.78 is 14.7. The van der Waals surface area contributed by atoms with E-state index < -0.39 is 0 Å². The molecule has 0 aliphatic rings. The lowest BCUT2D eigenvalue weighted by Gasteiger charge is -2.07. The maximum Gasteiger partial charge on any atom is 0.235 e. The Bertz CT molecular complexity index is 581. The summed E-state index contributed by atoms with van der Waals surface area (Å²) in [5, 5.41) is 10.9. The van der Waals surface area contributed by atoms with Crippen LogP contribution in [0.5, 0.6) is 11.5 Å². The quantitative estimate of drug-likeness (QED) is 0.614. The van der Waals surface area contributed by atoms with Crippen molar-refractivity contribution in [3.8, 4) is 11.5 Å². The van der Waals surface area contributed by atoms with Gasteiger partial charge in [0.25, 0.3) is 0 Å². The number of benzene rings is 1. The molecule has 0 saturated carbocycles. The van der Waals surface area contributed by atoms with Crippen molar-refractivity contribution in [3.63, 3.8) is 0 Å². The third kappa shape index (κ3) is 2.92. The highest BCUT2D eigenvalue weighted by molar-refractivity contribution is 5.81. The predicted molar refractivity (Wildman–Crippen MR) is 69.5 cm³/mol. The first-order valence-electron chi connectivity index (χ1n) is 5.33. The van der Waals surface area contributed by atoms with Gasteiger partial charge in [0.1, 0.15) is 0 Å². The Morgan fingerprint density at radius 1 is 1.26 bits per heavy atom. The number of hydrazone groups is 1. The van der Waals surface area contributed by atoms with Crippen molar-refractivity contribution in [1.82, 2.24) is 10.3 Å². The van der Waals surface area contributed by atoms with E-state index in [1.165, 1.54) is 0 Å². The Hall–Kier alpha value is -2.77. The SMILES string of the molecule is COc1ccc(/C=N/Nc2nonc2N)cc1OC. The highest BCUT2D eigenvalue weighted by Crippen LogP contribution is 2.26. The zero-order chi connectivity index (χ0) is 13.7. The average molecular weight is 263 g/mol. The van der Waals surface area contributed by atoms with Gasteiger partial charge in [0.05, 0.1) is 20.4 Å². The van der Waals surface area contributed by atoms with Crippen LogP contribution in [0.1, 0.15) is 5.56 Å². The Kier molecular flexibility index (Phi) is 3.81. The summed E-state index contributed by atoms with van der Waals surface area (Å²) in [6, 6.07) is 5.40. The number of aromatic nitrogens is 2. The molecule has 0 atom stereocenters. The molecule has 1 heterocycles. The van der Waals surface area contributed by atoms with Gasteiger partial charge in [-0.3, -0.25) is 5.43 Å². The number of nitrogens with two attached hydrogens (primary N) is 1. The van der Waals surface area contributed by atoms with Gasteiger partial charge in [-0.1, -0.05) is 0 Å². The molecule has 19 heavy (non-hydrogen) atoms. The summed E-state index contributed by atoms with van der Waals surface area (Å²) in [6.07, 6.45) is 1.58. The fraction of sp³-hybridized carbons (Fsp3) is 0.182. The molecular formula is C11H13N5O3. The van der Waals surface area contributed by atoms with E-state index in [9.17, 15) is 0 Å². The standard InChI is InChI=1S/C11H13N5O3/c1-17-8-4-3-7(5-9(8)18-2)6-13-14-11-10(12)15-19-16-11/h3-6H,1-2H3,(H2,12,15)(H,14,16)/b13-6+. The molecule has 8 nitrogen and oxygen atoms in total. The molecule has 0 unspecified atom stereocenters. The maximum absolute atomic E-state index is 5.46. The molecule has 100 valence electrons. The Labute approximate surface area is 109 Å². The van der Waals surface area contributed by atoms with Crippen LogP contribution in [0.2, 0.25) is 0 Å². The zero-order valence-electron chi connectivity index (χ0n) is 10.5. The van der Waals surface area contributed by atoms with E-state index in [4.69, 9.17) is 15.2 Å². The summed E-state index contributed by atoms with van der Waals surface area (Å²) in [6.45, 7) is 0. The van der Waals surface area contributed by atoms with Crippen molar-refractivity contribution >= 4 is 17.9 Å². The molecular weight excluding hydrogens is 250 g/mol. The van der Waals surface area contributed by atoms with Gasteiger partial charge in [0.15, 0.2) is 11.5 Å². The molecule has 0 aliphatic carbocycles. The molecule has 3 N–H and O–H groups in total. The lowest BCUT2D eigenvalue weighted by molar-refractivity contribution is 0.310. The normalized spacial score (nSPS) is 10.6. The Morgan fingerprint density at radius 2 is 2.05 bits per heavy atom. The summed E-state index contributed by atoms with van der Waals surface area (Å²) in [5.74, 6) is 1.67. The highest BCUT2D eigenvalue weighted by atomic mass is 16.6. The molecule has 0 bridgehead atoms. The number of methoxy groups -OCH3 is 2. The zero-order valence-corrected chi connectivity index (χ0v) is 10.5. The summed E-state index contributed by atoms with van der Waals surface area (Å²) >= 11 is 0. The minimum atomic E-state index is 0.143. The summed E-state index contributed by atoms with van der Waals surface area (Å²) in [7, 11) is 3.15. The Balaban J connectivity index is 2.09. The largest absolute Gasteiger partial charge is 0.493 e. The first kappa shape index (κ1) is 12.7. The van der Waals surface area contributed by atoms with E-state index in [1.54, 1.807) is 32.6 Å². The molecule has 2 rings (SSSR count). The third-order valence-electron chi connectivity index (χ3n) is 2.31. The highest BCUT2D eigenvalue weighted by Gasteiger charge is 2.04. The topological polar surface area (TPSA) is 108 Å².